The summed E-state index contributed by atoms with van der Waals surface area (Å²) in [4.78, 5) is 15.0. The maximum absolute atomic E-state index is 13.1. The number of anilines is 1. The molecule has 2 aromatic carbocycles. The number of piperidine rings is 1. The van der Waals surface area contributed by atoms with Crippen molar-refractivity contribution in [2.24, 2.45) is 5.92 Å². The van der Waals surface area contributed by atoms with Crippen molar-refractivity contribution in [2.75, 3.05) is 39.3 Å². The Morgan fingerprint density at radius 3 is 2.06 bits per heavy atom. The molecule has 1 aliphatic heterocycles. The van der Waals surface area contributed by atoms with Crippen LogP contribution in [0, 0.1) is 5.92 Å². The van der Waals surface area contributed by atoms with Gasteiger partial charge in [-0.05, 0) is 48.1 Å². The van der Waals surface area contributed by atoms with Crippen LogP contribution < -0.4 is 14.4 Å². The summed E-state index contributed by atoms with van der Waals surface area (Å²) in [5.41, 5.74) is 1.75. The fraction of sp³-hybridized carbons (Fsp3) is 0.480. The number of hydrogen-bond donors (Lipinski definition) is 0. The van der Waals surface area contributed by atoms with E-state index in [9.17, 15) is 13.2 Å². The molecule has 0 unspecified atom stereocenters. The van der Waals surface area contributed by atoms with E-state index >= 15 is 0 Å². The van der Waals surface area contributed by atoms with Gasteiger partial charge in [-0.1, -0.05) is 32.9 Å². The van der Waals surface area contributed by atoms with E-state index < -0.39 is 10.0 Å². The van der Waals surface area contributed by atoms with Gasteiger partial charge in [0.25, 0.3) is 0 Å². The van der Waals surface area contributed by atoms with Crippen molar-refractivity contribution in [3.63, 3.8) is 0 Å². The minimum absolute atomic E-state index is 0.0335. The Kier molecular flexibility index (Phi) is 7.39. The first-order chi connectivity index (χ1) is 15.5. The van der Waals surface area contributed by atoms with Gasteiger partial charge in [-0.25, -0.2) is 8.42 Å². The number of nitrogens with zero attached hydrogens (tertiary/aromatic N) is 2. The predicted molar refractivity (Wildman–Crippen MR) is 130 cm³/mol. The lowest BCUT2D eigenvalue weighted by atomic mass is 9.87. The van der Waals surface area contributed by atoms with Gasteiger partial charge in [-0.2, -0.15) is 4.31 Å². The normalized spacial score (nSPS) is 15.8. The molecule has 1 saturated heterocycles. The number of hydrogen-bond acceptors (Lipinski definition) is 5. The largest absolute Gasteiger partial charge is 0.493 e. The van der Waals surface area contributed by atoms with E-state index in [0.29, 0.717) is 48.0 Å². The number of carbonyl (C=O) groups excluding carboxylic acids is 1. The van der Waals surface area contributed by atoms with Gasteiger partial charge in [-0.3, -0.25) is 4.79 Å². The molecule has 0 bridgehead atoms. The van der Waals surface area contributed by atoms with E-state index in [-0.39, 0.29) is 17.2 Å². The molecule has 0 atom stereocenters. The molecule has 0 radical (unpaired) electrons. The van der Waals surface area contributed by atoms with Crippen molar-refractivity contribution < 1.29 is 22.7 Å². The van der Waals surface area contributed by atoms with E-state index in [1.807, 2.05) is 12.1 Å². The zero-order chi connectivity index (χ0) is 24.4. The van der Waals surface area contributed by atoms with Crippen LogP contribution in [0.3, 0.4) is 0 Å². The van der Waals surface area contributed by atoms with Crippen LogP contribution in [-0.4, -0.2) is 53.0 Å². The molecule has 3 rings (SSSR count). The molecular weight excluding hydrogens is 440 g/mol. The van der Waals surface area contributed by atoms with Crippen molar-refractivity contribution in [2.45, 2.75) is 43.9 Å². The molecular formula is C25H34N2O5S. The Bertz CT molecular complexity index is 1080. The number of benzene rings is 2. The Balaban J connectivity index is 1.67. The minimum atomic E-state index is -3.58. The monoisotopic (exact) mass is 474 g/mol. The van der Waals surface area contributed by atoms with Gasteiger partial charge in [0, 0.05) is 37.8 Å². The standard InChI is InChI=1S/C25H34N2O5S/c1-25(2,3)19-7-10-21(11-8-19)33(29,30)27-15-13-18(14-16-27)24(28)26(4)20-9-12-22(31-5)23(17-20)32-6/h7-12,17-18H,13-16H2,1-6H3. The van der Waals surface area contributed by atoms with Gasteiger partial charge in [0.05, 0.1) is 19.1 Å². The Labute approximate surface area is 197 Å². The summed E-state index contributed by atoms with van der Waals surface area (Å²) in [6, 6.07) is 12.4. The summed E-state index contributed by atoms with van der Waals surface area (Å²) in [6.45, 7) is 6.92. The Morgan fingerprint density at radius 1 is 0.970 bits per heavy atom. The highest BCUT2D eigenvalue weighted by atomic mass is 32.2. The summed E-state index contributed by atoms with van der Waals surface area (Å²) in [6.07, 6.45) is 0.964. The first-order valence-electron chi connectivity index (χ1n) is 11.1. The molecule has 8 heteroatoms. The Hall–Kier alpha value is -2.58. The van der Waals surface area contributed by atoms with Crippen LogP contribution in [0.1, 0.15) is 39.2 Å². The van der Waals surface area contributed by atoms with E-state index in [1.54, 1.807) is 56.5 Å². The van der Waals surface area contributed by atoms with Gasteiger partial charge in [0.15, 0.2) is 11.5 Å². The number of sulfonamides is 1. The zero-order valence-corrected chi connectivity index (χ0v) is 21.1. The highest BCUT2D eigenvalue weighted by Gasteiger charge is 2.33. The van der Waals surface area contributed by atoms with Crippen molar-refractivity contribution >= 4 is 21.6 Å². The van der Waals surface area contributed by atoms with E-state index in [2.05, 4.69) is 20.8 Å². The van der Waals surface area contributed by atoms with Gasteiger partial charge in [-0.15, -0.1) is 0 Å². The van der Waals surface area contributed by atoms with Crippen molar-refractivity contribution in [1.82, 2.24) is 4.31 Å². The van der Waals surface area contributed by atoms with E-state index in [0.717, 1.165) is 5.56 Å². The van der Waals surface area contributed by atoms with Gasteiger partial charge >= 0.3 is 0 Å². The molecule has 0 aromatic heterocycles. The average molecular weight is 475 g/mol. The van der Waals surface area contributed by atoms with Crippen LogP contribution in [0.5, 0.6) is 11.5 Å². The molecule has 2 aromatic rings. The number of amides is 1. The SMILES string of the molecule is COc1ccc(N(C)C(=O)C2CCN(S(=O)(=O)c3ccc(C(C)(C)C)cc3)CC2)cc1OC. The summed E-state index contributed by atoms with van der Waals surface area (Å²) >= 11 is 0. The number of rotatable bonds is 6. The summed E-state index contributed by atoms with van der Waals surface area (Å²) in [5, 5.41) is 0. The molecule has 1 fully saturated rings. The predicted octanol–water partition coefficient (Wildman–Crippen LogP) is 4.07. The highest BCUT2D eigenvalue weighted by Crippen LogP contribution is 2.33. The van der Waals surface area contributed by atoms with Gasteiger partial charge < -0.3 is 14.4 Å². The lowest BCUT2D eigenvalue weighted by molar-refractivity contribution is -0.123. The van der Waals surface area contributed by atoms with E-state index in [1.165, 1.54) is 4.31 Å². The van der Waals surface area contributed by atoms with Crippen LogP contribution in [0.2, 0.25) is 0 Å². The lowest BCUT2D eigenvalue weighted by Gasteiger charge is -2.32. The zero-order valence-electron chi connectivity index (χ0n) is 20.3. The fourth-order valence-corrected chi connectivity index (χ4v) is 5.52. The van der Waals surface area contributed by atoms with E-state index in [4.69, 9.17) is 9.47 Å². The first-order valence-corrected chi connectivity index (χ1v) is 12.5. The van der Waals surface area contributed by atoms with Crippen molar-refractivity contribution in [1.29, 1.82) is 0 Å². The Morgan fingerprint density at radius 2 is 1.55 bits per heavy atom. The molecule has 1 aliphatic rings. The molecule has 1 amide bonds. The number of methoxy groups -OCH3 is 2. The fourth-order valence-electron chi connectivity index (χ4n) is 4.05. The van der Waals surface area contributed by atoms with Crippen LogP contribution in [0.15, 0.2) is 47.4 Å². The van der Waals surface area contributed by atoms with Crippen molar-refractivity contribution in [3.8, 4) is 11.5 Å². The highest BCUT2D eigenvalue weighted by molar-refractivity contribution is 7.89. The molecule has 0 spiro atoms. The summed E-state index contributed by atoms with van der Waals surface area (Å²) < 4.78 is 38.3. The minimum Gasteiger partial charge on any atom is -0.493 e. The third kappa shape index (κ3) is 5.33. The number of carbonyl (C=O) groups is 1. The second-order valence-electron chi connectivity index (χ2n) is 9.39. The van der Waals surface area contributed by atoms with Gasteiger partial charge in [0.1, 0.15) is 0 Å². The van der Waals surface area contributed by atoms with Crippen molar-refractivity contribution in [3.05, 3.63) is 48.0 Å². The van der Waals surface area contributed by atoms with Crippen LogP contribution in [-0.2, 0) is 20.2 Å². The van der Waals surface area contributed by atoms with Crippen LogP contribution in [0.25, 0.3) is 0 Å². The molecule has 1 heterocycles. The molecule has 0 aliphatic carbocycles. The molecule has 0 N–H and O–H groups in total. The van der Waals surface area contributed by atoms with Crippen LogP contribution >= 0.6 is 0 Å². The molecule has 7 nitrogen and oxygen atoms in total. The third-order valence-corrected chi connectivity index (χ3v) is 8.16. The quantitative estimate of drug-likeness (QED) is 0.631. The summed E-state index contributed by atoms with van der Waals surface area (Å²) in [5.74, 6) is 0.871. The first kappa shape index (κ1) is 25.1. The molecule has 180 valence electrons. The number of ether oxygens (including phenoxy) is 2. The maximum Gasteiger partial charge on any atom is 0.243 e. The molecule has 0 saturated carbocycles. The summed E-state index contributed by atoms with van der Waals surface area (Å²) in [7, 11) is 1.26. The average Bonchev–Trinajstić information content (AvgIpc) is 2.82. The maximum atomic E-state index is 13.1. The molecule has 33 heavy (non-hydrogen) atoms. The smallest absolute Gasteiger partial charge is 0.243 e. The second kappa shape index (κ2) is 9.73. The topological polar surface area (TPSA) is 76.2 Å². The van der Waals surface area contributed by atoms with Gasteiger partial charge in [0.2, 0.25) is 15.9 Å². The van der Waals surface area contributed by atoms with Crippen LogP contribution in [0.4, 0.5) is 5.69 Å². The lowest BCUT2D eigenvalue weighted by Crippen LogP contribution is -2.43. The third-order valence-electron chi connectivity index (χ3n) is 6.25. The second-order valence-corrected chi connectivity index (χ2v) is 11.3.